The molecule has 0 fully saturated rings. The van der Waals surface area contributed by atoms with Crippen LogP contribution >= 0.6 is 0 Å². The second-order valence-electron chi connectivity index (χ2n) is 4.94. The Hall–Kier alpha value is -2.63. The molecule has 0 radical (unpaired) electrons. The van der Waals surface area contributed by atoms with Crippen LogP contribution in [0.3, 0.4) is 0 Å². The summed E-state index contributed by atoms with van der Waals surface area (Å²) in [5.41, 5.74) is 1.66. The summed E-state index contributed by atoms with van der Waals surface area (Å²) >= 11 is 0. The summed E-state index contributed by atoms with van der Waals surface area (Å²) in [6.07, 6.45) is 6.20. The first-order valence-corrected chi connectivity index (χ1v) is 6.97. The third-order valence-corrected chi connectivity index (χ3v) is 3.42. The molecule has 2 aromatic heterocycles. The third kappa shape index (κ3) is 2.94. The zero-order valence-corrected chi connectivity index (χ0v) is 11.8. The minimum Gasteiger partial charge on any atom is -0.345 e. The Bertz CT molecular complexity index is 698. The van der Waals surface area contributed by atoms with Crippen LogP contribution in [0.15, 0.2) is 43.0 Å². The standard InChI is InChI=1S/C15H17N5O/c1-2-11(9-20-8-7-16-10-20)17-15(21)14-18-12-5-3-4-6-13(12)19-14/h3-8,10-11H,2,9H2,1H3,(H,17,21)(H,18,19)/t11-/m0/s1. The molecule has 3 aromatic rings. The first-order valence-electron chi connectivity index (χ1n) is 6.97. The van der Waals surface area contributed by atoms with Gasteiger partial charge in [-0.15, -0.1) is 0 Å². The molecule has 6 heteroatoms. The molecule has 3 rings (SSSR count). The van der Waals surface area contributed by atoms with Gasteiger partial charge in [0.1, 0.15) is 0 Å². The molecule has 1 amide bonds. The van der Waals surface area contributed by atoms with Gasteiger partial charge in [-0.05, 0) is 18.6 Å². The van der Waals surface area contributed by atoms with Gasteiger partial charge in [-0.2, -0.15) is 0 Å². The summed E-state index contributed by atoms with van der Waals surface area (Å²) in [7, 11) is 0. The smallest absolute Gasteiger partial charge is 0.287 e. The predicted molar refractivity (Wildman–Crippen MR) is 79.9 cm³/mol. The van der Waals surface area contributed by atoms with Crippen LogP contribution in [0.2, 0.25) is 0 Å². The quantitative estimate of drug-likeness (QED) is 0.751. The fraction of sp³-hybridized carbons (Fsp3) is 0.267. The second kappa shape index (κ2) is 5.78. The number of carbonyl (C=O) groups excluding carboxylic acids is 1. The Morgan fingerprint density at radius 3 is 3.00 bits per heavy atom. The van der Waals surface area contributed by atoms with Gasteiger partial charge in [0.15, 0.2) is 5.82 Å². The van der Waals surface area contributed by atoms with Gasteiger partial charge < -0.3 is 14.9 Å². The number of hydrogen-bond donors (Lipinski definition) is 2. The van der Waals surface area contributed by atoms with E-state index >= 15 is 0 Å². The number of nitrogens with zero attached hydrogens (tertiary/aromatic N) is 3. The highest BCUT2D eigenvalue weighted by Crippen LogP contribution is 2.10. The van der Waals surface area contributed by atoms with Gasteiger partial charge in [0.2, 0.25) is 0 Å². The fourth-order valence-corrected chi connectivity index (χ4v) is 2.24. The Labute approximate surface area is 122 Å². The molecule has 2 heterocycles. The van der Waals surface area contributed by atoms with Gasteiger partial charge in [-0.1, -0.05) is 19.1 Å². The van der Waals surface area contributed by atoms with E-state index in [0.29, 0.717) is 12.4 Å². The van der Waals surface area contributed by atoms with Crippen LogP contribution in [0.4, 0.5) is 0 Å². The first-order chi connectivity index (χ1) is 10.3. The molecule has 108 valence electrons. The van der Waals surface area contributed by atoms with Crippen molar-refractivity contribution in [1.82, 2.24) is 24.8 Å². The Morgan fingerprint density at radius 2 is 2.29 bits per heavy atom. The minimum atomic E-state index is -0.182. The van der Waals surface area contributed by atoms with Crippen molar-refractivity contribution in [3.63, 3.8) is 0 Å². The van der Waals surface area contributed by atoms with Crippen molar-refractivity contribution >= 4 is 16.9 Å². The first kappa shape index (κ1) is 13.4. The maximum atomic E-state index is 12.3. The molecule has 0 bridgehead atoms. The molecule has 21 heavy (non-hydrogen) atoms. The molecule has 6 nitrogen and oxygen atoms in total. The lowest BCUT2D eigenvalue weighted by Crippen LogP contribution is -2.37. The van der Waals surface area contributed by atoms with Gasteiger partial charge in [-0.25, -0.2) is 9.97 Å². The zero-order chi connectivity index (χ0) is 14.7. The van der Waals surface area contributed by atoms with Crippen LogP contribution in [0.5, 0.6) is 0 Å². The van der Waals surface area contributed by atoms with Crippen molar-refractivity contribution in [3.8, 4) is 0 Å². The van der Waals surface area contributed by atoms with Crippen LogP contribution in [0.25, 0.3) is 11.0 Å². The van der Waals surface area contributed by atoms with E-state index in [1.54, 1.807) is 12.5 Å². The number of amides is 1. The molecule has 1 aromatic carbocycles. The van der Waals surface area contributed by atoms with Crippen molar-refractivity contribution in [1.29, 1.82) is 0 Å². The summed E-state index contributed by atoms with van der Waals surface area (Å²) < 4.78 is 1.95. The van der Waals surface area contributed by atoms with Gasteiger partial charge in [-0.3, -0.25) is 4.79 Å². The van der Waals surface area contributed by atoms with E-state index < -0.39 is 0 Å². The number of imidazole rings is 2. The topological polar surface area (TPSA) is 75.6 Å². The summed E-state index contributed by atoms with van der Waals surface area (Å²) in [4.78, 5) is 23.6. The molecule has 0 aliphatic heterocycles. The van der Waals surface area contributed by atoms with E-state index in [-0.39, 0.29) is 11.9 Å². The SMILES string of the molecule is CC[C@@H](Cn1ccnc1)NC(=O)c1nc2ccccc2[nH]1. The molecule has 0 saturated carbocycles. The van der Waals surface area contributed by atoms with E-state index in [4.69, 9.17) is 0 Å². The van der Waals surface area contributed by atoms with E-state index in [1.807, 2.05) is 42.0 Å². The summed E-state index contributed by atoms with van der Waals surface area (Å²) in [6.45, 7) is 2.74. The lowest BCUT2D eigenvalue weighted by molar-refractivity contribution is 0.0922. The number of carbonyl (C=O) groups is 1. The number of benzene rings is 1. The summed E-state index contributed by atoms with van der Waals surface area (Å²) in [6, 6.07) is 7.64. The normalized spacial score (nSPS) is 12.4. The largest absolute Gasteiger partial charge is 0.345 e. The van der Waals surface area contributed by atoms with Crippen LogP contribution in [-0.4, -0.2) is 31.5 Å². The molecule has 0 saturated heterocycles. The maximum Gasteiger partial charge on any atom is 0.287 e. The minimum absolute atomic E-state index is 0.0416. The van der Waals surface area contributed by atoms with Crippen molar-refractivity contribution < 1.29 is 4.79 Å². The van der Waals surface area contributed by atoms with Crippen LogP contribution in [0, 0.1) is 0 Å². The third-order valence-electron chi connectivity index (χ3n) is 3.42. The highest BCUT2D eigenvalue weighted by atomic mass is 16.2. The lowest BCUT2D eigenvalue weighted by Gasteiger charge is -2.16. The Kier molecular flexibility index (Phi) is 3.68. The number of aromatic nitrogens is 4. The zero-order valence-electron chi connectivity index (χ0n) is 11.8. The number of nitrogens with one attached hydrogen (secondary N) is 2. The molecule has 0 spiro atoms. The van der Waals surface area contributed by atoms with Crippen LogP contribution < -0.4 is 5.32 Å². The molecular formula is C15H17N5O. The molecule has 1 atom stereocenters. The molecule has 0 unspecified atom stereocenters. The van der Waals surface area contributed by atoms with Gasteiger partial charge in [0.05, 0.1) is 17.4 Å². The number of hydrogen-bond acceptors (Lipinski definition) is 3. The van der Waals surface area contributed by atoms with Crippen LogP contribution in [0.1, 0.15) is 24.0 Å². The average Bonchev–Trinajstić information content (AvgIpc) is 3.15. The Morgan fingerprint density at radius 1 is 1.43 bits per heavy atom. The highest BCUT2D eigenvalue weighted by Gasteiger charge is 2.15. The Balaban J connectivity index is 1.72. The summed E-state index contributed by atoms with van der Waals surface area (Å²) in [5.74, 6) is 0.165. The second-order valence-corrected chi connectivity index (χ2v) is 4.94. The number of para-hydroxylation sites is 2. The van der Waals surface area contributed by atoms with Crippen LogP contribution in [-0.2, 0) is 6.54 Å². The predicted octanol–water partition coefficient (Wildman–Crippen LogP) is 1.97. The van der Waals surface area contributed by atoms with Crippen molar-refractivity contribution in [2.75, 3.05) is 0 Å². The fourth-order valence-electron chi connectivity index (χ4n) is 2.24. The number of H-pyrrole nitrogens is 1. The monoisotopic (exact) mass is 283 g/mol. The van der Waals surface area contributed by atoms with Crippen molar-refractivity contribution in [2.45, 2.75) is 25.9 Å². The van der Waals surface area contributed by atoms with E-state index in [0.717, 1.165) is 17.5 Å². The van der Waals surface area contributed by atoms with E-state index in [2.05, 4.69) is 20.3 Å². The van der Waals surface area contributed by atoms with Gasteiger partial charge in [0.25, 0.3) is 5.91 Å². The number of fused-ring (bicyclic) bond motifs is 1. The molecule has 2 N–H and O–H groups in total. The molecule has 0 aliphatic carbocycles. The van der Waals surface area contributed by atoms with Gasteiger partial charge >= 0.3 is 0 Å². The summed E-state index contributed by atoms with van der Waals surface area (Å²) in [5, 5.41) is 3.00. The highest BCUT2D eigenvalue weighted by molar-refractivity contribution is 5.94. The number of aromatic amines is 1. The number of rotatable bonds is 5. The van der Waals surface area contributed by atoms with Crippen molar-refractivity contribution in [3.05, 3.63) is 48.8 Å². The van der Waals surface area contributed by atoms with Gasteiger partial charge in [0, 0.05) is 25.0 Å². The molecule has 0 aliphatic rings. The van der Waals surface area contributed by atoms with E-state index in [9.17, 15) is 4.79 Å². The maximum absolute atomic E-state index is 12.3. The van der Waals surface area contributed by atoms with Crippen molar-refractivity contribution in [2.24, 2.45) is 0 Å². The van der Waals surface area contributed by atoms with E-state index in [1.165, 1.54) is 0 Å². The molecular weight excluding hydrogens is 266 g/mol. The average molecular weight is 283 g/mol. The lowest BCUT2D eigenvalue weighted by atomic mass is 10.2.